The van der Waals surface area contributed by atoms with Gasteiger partial charge in [0.1, 0.15) is 16.7 Å². The first-order chi connectivity index (χ1) is 8.76. The lowest BCUT2D eigenvalue weighted by Gasteiger charge is -2.05. The second-order valence-electron chi connectivity index (χ2n) is 4.24. The van der Waals surface area contributed by atoms with Crippen LogP contribution in [-0.2, 0) is 0 Å². The summed E-state index contributed by atoms with van der Waals surface area (Å²) in [5.74, 6) is 1.78. The van der Waals surface area contributed by atoms with Crippen molar-refractivity contribution in [1.29, 1.82) is 0 Å². The molecule has 0 spiro atoms. The SMILES string of the molecule is COc1cc(-c2nc(=S)cc(C3CC3)[nH]2)ncn1. The summed E-state index contributed by atoms with van der Waals surface area (Å²) in [6.07, 6.45) is 3.88. The smallest absolute Gasteiger partial charge is 0.216 e. The Bertz CT molecular complexity index is 636. The maximum atomic E-state index is 5.19. The Morgan fingerprint density at radius 3 is 2.89 bits per heavy atom. The van der Waals surface area contributed by atoms with Crippen LogP contribution in [0.2, 0.25) is 0 Å². The minimum absolute atomic E-state index is 0.512. The monoisotopic (exact) mass is 260 g/mol. The first-order valence-electron chi connectivity index (χ1n) is 5.74. The molecule has 18 heavy (non-hydrogen) atoms. The van der Waals surface area contributed by atoms with E-state index in [0.717, 1.165) is 5.69 Å². The van der Waals surface area contributed by atoms with E-state index in [0.29, 0.717) is 28.0 Å². The Hall–Kier alpha value is -1.82. The third-order valence-corrected chi connectivity index (χ3v) is 3.08. The summed E-state index contributed by atoms with van der Waals surface area (Å²) < 4.78 is 5.66. The molecule has 5 nitrogen and oxygen atoms in total. The van der Waals surface area contributed by atoms with E-state index in [4.69, 9.17) is 17.0 Å². The highest BCUT2D eigenvalue weighted by molar-refractivity contribution is 7.71. The van der Waals surface area contributed by atoms with Gasteiger partial charge in [0, 0.05) is 11.8 Å². The second kappa shape index (κ2) is 4.45. The van der Waals surface area contributed by atoms with E-state index in [2.05, 4.69) is 19.9 Å². The minimum atomic E-state index is 0.512. The van der Waals surface area contributed by atoms with E-state index in [1.807, 2.05) is 6.07 Å². The topological polar surface area (TPSA) is 63.7 Å². The van der Waals surface area contributed by atoms with Gasteiger partial charge in [0.25, 0.3) is 0 Å². The van der Waals surface area contributed by atoms with Crippen LogP contribution in [0.4, 0.5) is 0 Å². The van der Waals surface area contributed by atoms with Crippen molar-refractivity contribution in [2.75, 3.05) is 7.11 Å². The van der Waals surface area contributed by atoms with Crippen LogP contribution in [0.15, 0.2) is 18.5 Å². The number of nitrogens with one attached hydrogen (secondary N) is 1. The van der Waals surface area contributed by atoms with Crippen molar-refractivity contribution in [2.45, 2.75) is 18.8 Å². The number of aromatic amines is 1. The number of methoxy groups -OCH3 is 1. The number of H-pyrrole nitrogens is 1. The molecule has 2 aromatic rings. The molecule has 1 fully saturated rings. The molecule has 2 aromatic heterocycles. The van der Waals surface area contributed by atoms with Crippen LogP contribution in [0, 0.1) is 4.64 Å². The molecule has 3 rings (SSSR count). The first kappa shape index (κ1) is 11.3. The van der Waals surface area contributed by atoms with Gasteiger partial charge < -0.3 is 9.72 Å². The van der Waals surface area contributed by atoms with E-state index in [9.17, 15) is 0 Å². The number of aromatic nitrogens is 4. The standard InChI is InChI=1S/C12H12N4OS/c1-17-10-4-9(13-6-14-10)12-15-8(7-2-3-7)5-11(18)16-12/h4-7H,2-3H2,1H3,(H,15,16,18). The minimum Gasteiger partial charge on any atom is -0.481 e. The lowest BCUT2D eigenvalue weighted by Crippen LogP contribution is -1.98. The lowest BCUT2D eigenvalue weighted by molar-refractivity contribution is 0.397. The predicted molar refractivity (Wildman–Crippen MR) is 69.0 cm³/mol. The Labute approximate surface area is 109 Å². The van der Waals surface area contributed by atoms with Gasteiger partial charge >= 0.3 is 0 Å². The fourth-order valence-corrected chi connectivity index (χ4v) is 2.01. The fraction of sp³-hybridized carbons (Fsp3) is 0.333. The van der Waals surface area contributed by atoms with Gasteiger partial charge in [-0.1, -0.05) is 12.2 Å². The van der Waals surface area contributed by atoms with Gasteiger partial charge in [0.05, 0.1) is 7.11 Å². The van der Waals surface area contributed by atoms with Crippen LogP contribution in [0.3, 0.4) is 0 Å². The van der Waals surface area contributed by atoms with Crippen molar-refractivity contribution in [2.24, 2.45) is 0 Å². The molecule has 0 unspecified atom stereocenters. The van der Waals surface area contributed by atoms with E-state index in [1.165, 1.54) is 19.2 Å². The highest BCUT2D eigenvalue weighted by atomic mass is 32.1. The van der Waals surface area contributed by atoms with Gasteiger partial charge in [-0.2, -0.15) is 0 Å². The molecule has 0 radical (unpaired) electrons. The molecule has 6 heteroatoms. The zero-order chi connectivity index (χ0) is 12.5. The van der Waals surface area contributed by atoms with Gasteiger partial charge in [0.2, 0.25) is 5.88 Å². The molecular weight excluding hydrogens is 248 g/mol. The summed E-state index contributed by atoms with van der Waals surface area (Å²) in [6, 6.07) is 3.67. The summed E-state index contributed by atoms with van der Waals surface area (Å²) >= 11 is 5.19. The van der Waals surface area contributed by atoms with Crippen LogP contribution in [0.25, 0.3) is 11.5 Å². The molecule has 0 atom stereocenters. The molecule has 0 amide bonds. The van der Waals surface area contributed by atoms with E-state index >= 15 is 0 Å². The third kappa shape index (κ3) is 2.24. The van der Waals surface area contributed by atoms with Crippen molar-refractivity contribution in [1.82, 2.24) is 19.9 Å². The number of rotatable bonds is 3. The quantitative estimate of drug-likeness (QED) is 0.859. The van der Waals surface area contributed by atoms with Gasteiger partial charge in [0.15, 0.2) is 5.82 Å². The first-order valence-corrected chi connectivity index (χ1v) is 6.15. The second-order valence-corrected chi connectivity index (χ2v) is 4.66. The van der Waals surface area contributed by atoms with Crippen molar-refractivity contribution >= 4 is 12.2 Å². The van der Waals surface area contributed by atoms with Crippen LogP contribution < -0.4 is 4.74 Å². The Balaban J connectivity index is 2.06. The molecule has 2 heterocycles. The van der Waals surface area contributed by atoms with Crippen molar-refractivity contribution in [3.63, 3.8) is 0 Å². The summed E-state index contributed by atoms with van der Waals surface area (Å²) in [5.41, 5.74) is 1.83. The maximum Gasteiger partial charge on any atom is 0.216 e. The van der Waals surface area contributed by atoms with E-state index in [1.54, 1.807) is 13.2 Å². The lowest BCUT2D eigenvalue weighted by atomic mass is 10.2. The molecular formula is C12H12N4OS. The molecule has 1 aliphatic rings. The average molecular weight is 260 g/mol. The van der Waals surface area contributed by atoms with E-state index in [-0.39, 0.29) is 0 Å². The Kier molecular flexibility index (Phi) is 2.79. The van der Waals surface area contributed by atoms with Crippen LogP contribution in [-0.4, -0.2) is 27.0 Å². The summed E-state index contributed by atoms with van der Waals surface area (Å²) in [6.45, 7) is 0. The maximum absolute atomic E-state index is 5.19. The molecule has 1 N–H and O–H groups in total. The molecule has 0 saturated heterocycles. The molecule has 0 aromatic carbocycles. The third-order valence-electron chi connectivity index (χ3n) is 2.87. The largest absolute Gasteiger partial charge is 0.481 e. The normalized spacial score (nSPS) is 14.5. The molecule has 1 saturated carbocycles. The summed E-state index contributed by atoms with van der Waals surface area (Å²) in [4.78, 5) is 15.8. The zero-order valence-corrected chi connectivity index (χ0v) is 10.7. The zero-order valence-electron chi connectivity index (χ0n) is 9.88. The molecule has 1 aliphatic carbocycles. The van der Waals surface area contributed by atoms with Crippen molar-refractivity contribution < 1.29 is 4.74 Å². The molecule has 92 valence electrons. The van der Waals surface area contributed by atoms with Crippen LogP contribution >= 0.6 is 12.2 Å². The average Bonchev–Trinajstić information content (AvgIpc) is 3.22. The number of hydrogen-bond donors (Lipinski definition) is 1. The van der Waals surface area contributed by atoms with Gasteiger partial charge in [-0.05, 0) is 24.8 Å². The highest BCUT2D eigenvalue weighted by Crippen LogP contribution is 2.39. The predicted octanol–water partition coefficient (Wildman–Crippen LogP) is 2.48. The summed E-state index contributed by atoms with van der Waals surface area (Å²) in [7, 11) is 1.57. The fourth-order valence-electron chi connectivity index (χ4n) is 1.79. The number of hydrogen-bond acceptors (Lipinski definition) is 5. The van der Waals surface area contributed by atoms with Crippen LogP contribution in [0.5, 0.6) is 5.88 Å². The Morgan fingerprint density at radius 1 is 1.33 bits per heavy atom. The summed E-state index contributed by atoms with van der Waals surface area (Å²) in [5, 5.41) is 0. The molecule has 0 bridgehead atoms. The van der Waals surface area contributed by atoms with Crippen molar-refractivity contribution in [3.8, 4) is 17.4 Å². The Morgan fingerprint density at radius 2 is 2.17 bits per heavy atom. The van der Waals surface area contributed by atoms with Crippen LogP contribution in [0.1, 0.15) is 24.5 Å². The highest BCUT2D eigenvalue weighted by Gasteiger charge is 2.25. The number of nitrogens with zero attached hydrogens (tertiary/aromatic N) is 3. The molecule has 0 aliphatic heterocycles. The van der Waals surface area contributed by atoms with Gasteiger partial charge in [-0.3, -0.25) is 0 Å². The van der Waals surface area contributed by atoms with Gasteiger partial charge in [-0.15, -0.1) is 0 Å². The van der Waals surface area contributed by atoms with Gasteiger partial charge in [-0.25, -0.2) is 15.0 Å². The van der Waals surface area contributed by atoms with E-state index < -0.39 is 0 Å². The number of ether oxygens (including phenoxy) is 1. The van der Waals surface area contributed by atoms with Crippen molar-refractivity contribution in [3.05, 3.63) is 28.8 Å².